The van der Waals surface area contributed by atoms with Crippen LogP contribution in [-0.2, 0) is 11.2 Å². The molecule has 35 heavy (non-hydrogen) atoms. The summed E-state index contributed by atoms with van der Waals surface area (Å²) in [6, 6.07) is 5.88. The van der Waals surface area contributed by atoms with Gasteiger partial charge in [-0.1, -0.05) is 13.0 Å². The molecule has 2 aliphatic rings. The van der Waals surface area contributed by atoms with E-state index in [1.807, 2.05) is 6.92 Å². The first kappa shape index (κ1) is 21.8. The molecule has 2 aromatic heterocycles. The molecular formula is C27H24F2N4O2. The Kier molecular flexibility index (Phi) is 4.95. The average molecular weight is 475 g/mol. The Balaban J connectivity index is 1.47. The fourth-order valence-corrected chi connectivity index (χ4v) is 5.71. The summed E-state index contributed by atoms with van der Waals surface area (Å²) in [4.78, 5) is 27.2. The van der Waals surface area contributed by atoms with Crippen molar-refractivity contribution in [1.82, 2.24) is 15.0 Å². The van der Waals surface area contributed by atoms with E-state index in [1.54, 1.807) is 12.3 Å². The highest BCUT2D eigenvalue weighted by atomic mass is 19.1. The molecule has 6 nitrogen and oxygen atoms in total. The van der Waals surface area contributed by atoms with Crippen LogP contribution in [0, 0.1) is 17.0 Å². The monoisotopic (exact) mass is 474 g/mol. The number of nitrogens with zero attached hydrogens (tertiary/aromatic N) is 4. The minimum Gasteiger partial charge on any atom is -0.508 e. The number of ketones is 1. The quantitative estimate of drug-likeness (QED) is 0.432. The van der Waals surface area contributed by atoms with Gasteiger partial charge in [-0.15, -0.1) is 0 Å². The number of hydrogen-bond donors (Lipinski definition) is 1. The van der Waals surface area contributed by atoms with Gasteiger partial charge in [0.15, 0.2) is 5.82 Å². The molecule has 0 atom stereocenters. The molecule has 2 fully saturated rings. The molecule has 8 heteroatoms. The zero-order chi connectivity index (χ0) is 24.3. The van der Waals surface area contributed by atoms with Crippen molar-refractivity contribution >= 4 is 33.3 Å². The van der Waals surface area contributed by atoms with Gasteiger partial charge in [0.2, 0.25) is 0 Å². The minimum absolute atomic E-state index is 0.000937. The zero-order valence-electron chi connectivity index (χ0n) is 19.3. The maximum absolute atomic E-state index is 15.9. The summed E-state index contributed by atoms with van der Waals surface area (Å²) in [7, 11) is 0. The number of phenols is 1. The summed E-state index contributed by atoms with van der Waals surface area (Å²) in [5.41, 5.74) is 0.694. The number of anilines is 1. The van der Waals surface area contributed by atoms with E-state index < -0.39 is 5.82 Å². The van der Waals surface area contributed by atoms with Crippen molar-refractivity contribution in [3.05, 3.63) is 54.0 Å². The first-order valence-corrected chi connectivity index (χ1v) is 11.9. The van der Waals surface area contributed by atoms with Gasteiger partial charge in [0.25, 0.3) is 0 Å². The molecule has 1 spiro atoms. The van der Waals surface area contributed by atoms with E-state index in [2.05, 4.69) is 19.9 Å². The van der Waals surface area contributed by atoms with E-state index in [0.717, 1.165) is 19.3 Å². The Bertz CT molecular complexity index is 1510. The first-order valence-electron chi connectivity index (χ1n) is 11.9. The third kappa shape index (κ3) is 3.26. The molecule has 1 saturated heterocycles. The van der Waals surface area contributed by atoms with E-state index in [0.29, 0.717) is 64.8 Å². The summed E-state index contributed by atoms with van der Waals surface area (Å²) in [5.74, 6) is -0.143. The molecule has 1 aliphatic heterocycles. The Labute approximate surface area is 200 Å². The predicted octanol–water partition coefficient (Wildman–Crippen LogP) is 5.34. The van der Waals surface area contributed by atoms with Crippen LogP contribution in [-0.4, -0.2) is 38.9 Å². The minimum atomic E-state index is -0.646. The van der Waals surface area contributed by atoms with E-state index in [1.165, 1.54) is 24.5 Å². The molecule has 1 saturated carbocycles. The number of piperidine rings is 1. The van der Waals surface area contributed by atoms with Crippen molar-refractivity contribution in [3.8, 4) is 17.0 Å². The number of phenolic OH excluding ortho intramolecular Hbond substituents is 1. The van der Waals surface area contributed by atoms with Gasteiger partial charge in [-0.3, -0.25) is 9.78 Å². The van der Waals surface area contributed by atoms with Crippen LogP contribution in [0.4, 0.5) is 14.6 Å². The third-order valence-electron chi connectivity index (χ3n) is 7.81. The second kappa shape index (κ2) is 7.93. The van der Waals surface area contributed by atoms with Crippen molar-refractivity contribution in [2.75, 3.05) is 18.0 Å². The van der Waals surface area contributed by atoms with Crippen LogP contribution in [0.5, 0.6) is 5.75 Å². The van der Waals surface area contributed by atoms with Gasteiger partial charge in [0, 0.05) is 36.7 Å². The van der Waals surface area contributed by atoms with E-state index >= 15 is 4.39 Å². The number of hydrogen-bond acceptors (Lipinski definition) is 6. The van der Waals surface area contributed by atoms with Crippen LogP contribution >= 0.6 is 0 Å². The van der Waals surface area contributed by atoms with Crippen molar-refractivity contribution in [2.24, 2.45) is 5.41 Å². The normalized spacial score (nSPS) is 17.3. The predicted molar refractivity (Wildman–Crippen MR) is 129 cm³/mol. The highest BCUT2D eigenvalue weighted by molar-refractivity contribution is 6.01. The first-order chi connectivity index (χ1) is 16.9. The second-order valence-corrected chi connectivity index (χ2v) is 9.54. The summed E-state index contributed by atoms with van der Waals surface area (Å²) < 4.78 is 30.6. The lowest BCUT2D eigenvalue weighted by molar-refractivity contribution is -0.139. The lowest BCUT2D eigenvalue weighted by Crippen LogP contribution is -2.50. The van der Waals surface area contributed by atoms with Crippen molar-refractivity contribution in [2.45, 2.75) is 39.0 Å². The molecule has 2 aromatic carbocycles. The molecule has 0 radical (unpaired) electrons. The number of Topliss-reactive ketones (excluding diaryl/α,β-unsaturated/α-hetero) is 1. The highest BCUT2D eigenvalue weighted by Crippen LogP contribution is 2.47. The molecular weight excluding hydrogens is 450 g/mol. The molecule has 6 rings (SSSR count). The van der Waals surface area contributed by atoms with Crippen LogP contribution in [0.1, 0.15) is 38.2 Å². The number of aromatic nitrogens is 3. The van der Waals surface area contributed by atoms with Crippen LogP contribution in [0.25, 0.3) is 32.9 Å². The lowest BCUT2D eigenvalue weighted by atomic mass is 9.62. The van der Waals surface area contributed by atoms with Gasteiger partial charge in [0.05, 0.1) is 5.39 Å². The number of rotatable bonds is 3. The van der Waals surface area contributed by atoms with Gasteiger partial charge in [-0.2, -0.15) is 0 Å². The molecule has 1 N–H and O–H groups in total. The summed E-state index contributed by atoms with van der Waals surface area (Å²) in [6.07, 6.45) is 6.44. The number of aromatic hydroxyl groups is 1. The van der Waals surface area contributed by atoms with Crippen molar-refractivity contribution < 1.29 is 18.7 Å². The standard InChI is InChI=1S/C27H24F2N4O2/c1-2-17-20(28)4-3-15-11-16(34)12-18(22(15)17)24-23(29)25-19(13-30-24)26(32-14-31-25)33-9-7-27(8-10-33)6-5-21(27)35/h3-4,11-14,34H,2,5-10H2,1H3. The molecule has 1 aliphatic carbocycles. The molecule has 0 unspecified atom stereocenters. The van der Waals surface area contributed by atoms with E-state index in [4.69, 9.17) is 0 Å². The fraction of sp³-hybridized carbons (Fsp3) is 0.333. The van der Waals surface area contributed by atoms with Crippen LogP contribution in [0.3, 0.4) is 0 Å². The van der Waals surface area contributed by atoms with Gasteiger partial charge in [-0.25, -0.2) is 18.7 Å². The van der Waals surface area contributed by atoms with Crippen molar-refractivity contribution in [1.29, 1.82) is 0 Å². The Morgan fingerprint density at radius 1 is 1.09 bits per heavy atom. The number of fused-ring (bicyclic) bond motifs is 2. The maximum Gasteiger partial charge on any atom is 0.175 e. The largest absolute Gasteiger partial charge is 0.508 e. The number of carbonyl (C=O) groups is 1. The smallest absolute Gasteiger partial charge is 0.175 e. The SMILES string of the molecule is CCc1c(F)ccc2cc(O)cc(-c3ncc4c(N5CCC6(CCC6=O)CC5)ncnc4c3F)c12. The summed E-state index contributed by atoms with van der Waals surface area (Å²) in [6.45, 7) is 3.16. The van der Waals surface area contributed by atoms with Crippen molar-refractivity contribution in [3.63, 3.8) is 0 Å². The molecule has 3 heterocycles. The van der Waals surface area contributed by atoms with E-state index in [9.17, 15) is 14.3 Å². The fourth-order valence-electron chi connectivity index (χ4n) is 5.71. The number of benzene rings is 2. The number of halogens is 2. The lowest BCUT2D eigenvalue weighted by Gasteiger charge is -2.46. The third-order valence-corrected chi connectivity index (χ3v) is 7.81. The number of aryl methyl sites for hydroxylation is 1. The zero-order valence-corrected chi connectivity index (χ0v) is 19.3. The van der Waals surface area contributed by atoms with Gasteiger partial charge >= 0.3 is 0 Å². The molecule has 0 amide bonds. The van der Waals surface area contributed by atoms with Crippen LogP contribution in [0.2, 0.25) is 0 Å². The topological polar surface area (TPSA) is 79.2 Å². The van der Waals surface area contributed by atoms with Gasteiger partial charge in [0.1, 0.15) is 40.7 Å². The molecule has 4 aromatic rings. The Morgan fingerprint density at radius 2 is 1.89 bits per heavy atom. The van der Waals surface area contributed by atoms with Crippen LogP contribution < -0.4 is 4.90 Å². The molecule has 0 bridgehead atoms. The van der Waals surface area contributed by atoms with Gasteiger partial charge < -0.3 is 10.0 Å². The average Bonchev–Trinajstić information content (AvgIpc) is 2.87. The van der Waals surface area contributed by atoms with Crippen LogP contribution in [0.15, 0.2) is 36.8 Å². The Hall–Kier alpha value is -3.68. The highest BCUT2D eigenvalue weighted by Gasteiger charge is 2.47. The Morgan fingerprint density at radius 3 is 2.57 bits per heavy atom. The molecule has 178 valence electrons. The summed E-state index contributed by atoms with van der Waals surface area (Å²) >= 11 is 0. The number of pyridine rings is 1. The maximum atomic E-state index is 15.9. The van der Waals surface area contributed by atoms with Gasteiger partial charge in [-0.05, 0) is 60.2 Å². The van der Waals surface area contributed by atoms with E-state index in [-0.39, 0.29) is 28.2 Å². The summed E-state index contributed by atoms with van der Waals surface area (Å²) in [5, 5.41) is 11.9. The number of carbonyl (C=O) groups excluding carboxylic acids is 1. The second-order valence-electron chi connectivity index (χ2n) is 9.54.